The molecule has 3 aromatic rings. The molecule has 3 heterocycles. The van der Waals surface area contributed by atoms with Crippen LogP contribution in [-0.2, 0) is 6.54 Å². The van der Waals surface area contributed by atoms with Crippen molar-refractivity contribution >= 4 is 17.6 Å². The summed E-state index contributed by atoms with van der Waals surface area (Å²) in [6.07, 6.45) is -2.14. The second-order valence-electron chi connectivity index (χ2n) is 11.7. The lowest BCUT2D eigenvalue weighted by Gasteiger charge is -2.39. The minimum atomic E-state index is -4.50. The van der Waals surface area contributed by atoms with Gasteiger partial charge in [-0.05, 0) is 73.4 Å². The molecule has 1 aromatic heterocycles. The van der Waals surface area contributed by atoms with Crippen LogP contribution in [0.25, 0.3) is 0 Å². The lowest BCUT2D eigenvalue weighted by molar-refractivity contribution is -0.193. The van der Waals surface area contributed by atoms with Crippen LogP contribution in [0.4, 0.5) is 13.2 Å². The molecule has 0 radical (unpaired) electrons. The second-order valence-corrected chi connectivity index (χ2v) is 11.7. The highest BCUT2D eigenvalue weighted by Crippen LogP contribution is 2.34. The highest BCUT2D eigenvalue weighted by molar-refractivity contribution is 5.99. The maximum Gasteiger partial charge on any atom is 0.394 e. The Hall–Kier alpha value is -4.45. The van der Waals surface area contributed by atoms with E-state index in [9.17, 15) is 27.6 Å². The number of ether oxygens (including phenoxy) is 2. The summed E-state index contributed by atoms with van der Waals surface area (Å²) in [7, 11) is 3.11. The molecule has 2 fully saturated rings. The first-order valence-corrected chi connectivity index (χ1v) is 15.2. The van der Waals surface area contributed by atoms with Gasteiger partial charge in [0.2, 0.25) is 0 Å². The number of amides is 2. The maximum atomic E-state index is 14.1. The zero-order valence-corrected chi connectivity index (χ0v) is 25.8. The minimum Gasteiger partial charge on any atom is -0.497 e. The molecule has 2 atom stereocenters. The van der Waals surface area contributed by atoms with Crippen LogP contribution in [0.5, 0.6) is 11.5 Å². The van der Waals surface area contributed by atoms with Gasteiger partial charge in [-0.2, -0.15) is 13.2 Å². The summed E-state index contributed by atoms with van der Waals surface area (Å²) in [6.45, 7) is 1.26. The molecule has 9 nitrogen and oxygen atoms in total. The highest BCUT2D eigenvalue weighted by Gasteiger charge is 2.48. The van der Waals surface area contributed by atoms with Crippen molar-refractivity contribution in [3.63, 3.8) is 0 Å². The quantitative estimate of drug-likeness (QED) is 0.329. The van der Waals surface area contributed by atoms with Crippen LogP contribution in [0, 0.1) is 11.8 Å². The molecule has 2 aromatic carbocycles. The van der Waals surface area contributed by atoms with E-state index >= 15 is 0 Å². The van der Waals surface area contributed by atoms with Crippen molar-refractivity contribution in [3.8, 4) is 11.5 Å². The van der Waals surface area contributed by atoms with Gasteiger partial charge in [0.05, 0.1) is 25.7 Å². The SMILES string of the molecule is COc1ccc(CN2CCC(NC(=O)c3ccc(C(=O)N4CCC(C(=O)c5ccc(OC)cc5)CC4)nc3)C(C(F)(F)F)C2)cc1. The lowest BCUT2D eigenvalue weighted by Crippen LogP contribution is -2.55. The van der Waals surface area contributed by atoms with Gasteiger partial charge in [-0.15, -0.1) is 0 Å². The number of nitrogens with zero attached hydrogens (tertiary/aromatic N) is 3. The van der Waals surface area contributed by atoms with Crippen LogP contribution in [0.15, 0.2) is 66.9 Å². The average molecular weight is 639 g/mol. The van der Waals surface area contributed by atoms with E-state index in [2.05, 4.69) is 10.3 Å². The van der Waals surface area contributed by atoms with E-state index < -0.39 is 24.0 Å². The summed E-state index contributed by atoms with van der Waals surface area (Å²) in [5.74, 6) is -1.58. The Bertz CT molecular complexity index is 1510. The number of carbonyl (C=O) groups is 3. The fourth-order valence-electron chi connectivity index (χ4n) is 6.06. The number of nitrogens with one attached hydrogen (secondary N) is 1. The normalized spacial score (nSPS) is 19.4. The molecular weight excluding hydrogens is 601 g/mol. The molecule has 1 N–H and O–H groups in total. The molecule has 2 saturated heterocycles. The predicted molar refractivity (Wildman–Crippen MR) is 164 cm³/mol. The number of methoxy groups -OCH3 is 2. The van der Waals surface area contributed by atoms with Crippen molar-refractivity contribution in [2.45, 2.75) is 38.0 Å². The number of piperidine rings is 2. The number of likely N-dealkylation sites (tertiary alicyclic amines) is 2. The number of halogens is 3. The number of ketones is 1. The largest absolute Gasteiger partial charge is 0.497 e. The van der Waals surface area contributed by atoms with Crippen LogP contribution in [0.1, 0.15) is 56.0 Å². The van der Waals surface area contributed by atoms with Crippen molar-refractivity contribution in [3.05, 3.63) is 89.2 Å². The summed E-state index contributed by atoms with van der Waals surface area (Å²) < 4.78 is 52.5. The van der Waals surface area contributed by atoms with Crippen LogP contribution in [-0.4, -0.2) is 85.0 Å². The van der Waals surface area contributed by atoms with Crippen molar-refractivity contribution in [1.82, 2.24) is 20.1 Å². The fourth-order valence-corrected chi connectivity index (χ4v) is 6.06. The topological polar surface area (TPSA) is 101 Å². The van der Waals surface area contributed by atoms with Gasteiger partial charge in [-0.25, -0.2) is 0 Å². The van der Waals surface area contributed by atoms with Crippen LogP contribution in [0.2, 0.25) is 0 Å². The van der Waals surface area contributed by atoms with Crippen molar-refractivity contribution in [2.75, 3.05) is 40.4 Å². The molecular formula is C34H37F3N4O5. The van der Waals surface area contributed by atoms with E-state index in [0.717, 1.165) is 5.56 Å². The summed E-state index contributed by atoms with van der Waals surface area (Å²) in [5, 5.41) is 2.56. The van der Waals surface area contributed by atoms with Gasteiger partial charge in [0, 0.05) is 56.4 Å². The predicted octanol–water partition coefficient (Wildman–Crippen LogP) is 5.02. The van der Waals surface area contributed by atoms with E-state index in [1.54, 1.807) is 60.4 Å². The Morgan fingerprint density at radius 1 is 0.848 bits per heavy atom. The van der Waals surface area contributed by atoms with Gasteiger partial charge in [0.1, 0.15) is 17.2 Å². The van der Waals surface area contributed by atoms with E-state index in [0.29, 0.717) is 56.1 Å². The van der Waals surface area contributed by atoms with E-state index in [-0.39, 0.29) is 41.8 Å². The number of alkyl halides is 3. The summed E-state index contributed by atoms with van der Waals surface area (Å²) in [4.78, 5) is 46.5. The van der Waals surface area contributed by atoms with Gasteiger partial charge >= 0.3 is 6.18 Å². The molecule has 2 aliphatic heterocycles. The Labute approximate surface area is 265 Å². The number of carbonyl (C=O) groups excluding carboxylic acids is 3. The van der Waals surface area contributed by atoms with E-state index in [1.807, 2.05) is 12.1 Å². The van der Waals surface area contributed by atoms with Gasteiger partial charge in [0.15, 0.2) is 5.78 Å². The third kappa shape index (κ3) is 7.85. The molecule has 2 aliphatic rings. The first-order valence-electron chi connectivity index (χ1n) is 15.2. The van der Waals surface area contributed by atoms with Crippen LogP contribution < -0.4 is 14.8 Å². The van der Waals surface area contributed by atoms with Crippen LogP contribution in [0.3, 0.4) is 0 Å². The number of hydrogen-bond donors (Lipinski definition) is 1. The highest BCUT2D eigenvalue weighted by atomic mass is 19.4. The van der Waals surface area contributed by atoms with E-state index in [1.165, 1.54) is 18.3 Å². The smallest absolute Gasteiger partial charge is 0.394 e. The second kappa shape index (κ2) is 14.3. The van der Waals surface area contributed by atoms with Crippen LogP contribution >= 0.6 is 0 Å². The summed E-state index contributed by atoms with van der Waals surface area (Å²) in [5.41, 5.74) is 1.66. The van der Waals surface area contributed by atoms with Crippen molar-refractivity contribution < 1.29 is 37.0 Å². The molecule has 0 spiro atoms. The molecule has 46 heavy (non-hydrogen) atoms. The van der Waals surface area contributed by atoms with Crippen molar-refractivity contribution in [2.24, 2.45) is 11.8 Å². The number of rotatable bonds is 9. The lowest BCUT2D eigenvalue weighted by atomic mass is 9.88. The molecule has 5 rings (SSSR count). The molecule has 12 heteroatoms. The fraction of sp³-hybridized carbons (Fsp3) is 0.412. The molecule has 0 saturated carbocycles. The molecule has 2 unspecified atom stereocenters. The van der Waals surface area contributed by atoms with Gasteiger partial charge in [-0.3, -0.25) is 24.3 Å². The molecule has 2 amide bonds. The number of Topliss-reactive ketones (excluding diaryl/α,β-unsaturated/α-hetero) is 1. The number of pyridine rings is 1. The third-order valence-electron chi connectivity index (χ3n) is 8.77. The Morgan fingerprint density at radius 3 is 2.02 bits per heavy atom. The molecule has 244 valence electrons. The van der Waals surface area contributed by atoms with Gasteiger partial charge < -0.3 is 19.7 Å². The molecule has 0 bridgehead atoms. The minimum absolute atomic E-state index is 0.0268. The monoisotopic (exact) mass is 638 g/mol. The Balaban J connectivity index is 1.14. The Kier molecular flexibility index (Phi) is 10.3. The Morgan fingerprint density at radius 2 is 1.46 bits per heavy atom. The molecule has 0 aliphatic carbocycles. The summed E-state index contributed by atoms with van der Waals surface area (Å²) in [6, 6.07) is 15.8. The van der Waals surface area contributed by atoms with Crippen molar-refractivity contribution in [1.29, 1.82) is 0 Å². The standard InChI is InChI=1S/C34H37F3N4O5/c1-45-26-8-3-22(4-9-26)20-40-16-15-29(28(21-40)34(35,36)37)39-32(43)25-7-12-30(38-19-25)33(44)41-17-13-24(14-18-41)31(42)23-5-10-27(46-2)11-6-23/h3-12,19,24,28-29H,13-18,20-21H2,1-2H3,(H,39,43). The number of aromatic nitrogens is 1. The van der Waals surface area contributed by atoms with Gasteiger partial charge in [0.25, 0.3) is 11.8 Å². The zero-order valence-electron chi connectivity index (χ0n) is 25.8. The summed E-state index contributed by atoms with van der Waals surface area (Å²) >= 11 is 0. The zero-order chi connectivity index (χ0) is 32.8. The average Bonchev–Trinajstić information content (AvgIpc) is 3.08. The van der Waals surface area contributed by atoms with E-state index in [4.69, 9.17) is 9.47 Å². The number of hydrogen-bond acceptors (Lipinski definition) is 7. The first kappa shape index (κ1) is 32.9. The van der Waals surface area contributed by atoms with Gasteiger partial charge in [-0.1, -0.05) is 12.1 Å². The first-order chi connectivity index (χ1) is 22.0. The number of benzene rings is 2. The maximum absolute atomic E-state index is 14.1. The third-order valence-corrected chi connectivity index (χ3v) is 8.77.